The molecular weight excluding hydrogens is 342 g/mol. The van der Waals surface area contributed by atoms with Gasteiger partial charge < -0.3 is 14.8 Å². The Morgan fingerprint density at radius 2 is 2.00 bits per heavy atom. The lowest BCUT2D eigenvalue weighted by Gasteiger charge is -2.23. The van der Waals surface area contributed by atoms with Gasteiger partial charge in [-0.1, -0.05) is 0 Å². The van der Waals surface area contributed by atoms with Crippen molar-refractivity contribution in [1.82, 2.24) is 9.78 Å². The maximum absolute atomic E-state index is 12.7. The van der Waals surface area contributed by atoms with Crippen molar-refractivity contribution in [3.63, 3.8) is 0 Å². The van der Waals surface area contributed by atoms with Crippen LogP contribution < -0.4 is 14.8 Å². The van der Waals surface area contributed by atoms with E-state index in [0.29, 0.717) is 34.4 Å². The maximum Gasteiger partial charge on any atom is 0.256 e. The zero-order chi connectivity index (χ0) is 17.8. The number of carbonyl (C=O) groups excluding carboxylic acids is 1. The van der Waals surface area contributed by atoms with Crippen LogP contribution in [0.5, 0.6) is 11.5 Å². The van der Waals surface area contributed by atoms with Crippen LogP contribution >= 0.6 is 0 Å². The Bertz CT molecular complexity index is 898. The number of nitrogens with one attached hydrogen (secondary N) is 1. The van der Waals surface area contributed by atoms with Gasteiger partial charge in [0, 0.05) is 21.9 Å². The number of benzene rings is 1. The molecule has 0 saturated heterocycles. The molecule has 1 aromatic carbocycles. The van der Waals surface area contributed by atoms with Gasteiger partial charge in [-0.3, -0.25) is 9.00 Å². The highest BCUT2D eigenvalue weighted by Gasteiger charge is 2.31. The van der Waals surface area contributed by atoms with Crippen molar-refractivity contribution in [3.8, 4) is 11.5 Å². The van der Waals surface area contributed by atoms with Crippen molar-refractivity contribution in [1.29, 1.82) is 0 Å². The van der Waals surface area contributed by atoms with Crippen LogP contribution in [0.3, 0.4) is 0 Å². The first-order valence-corrected chi connectivity index (χ1v) is 9.49. The van der Waals surface area contributed by atoms with E-state index in [0.717, 1.165) is 11.3 Å². The summed E-state index contributed by atoms with van der Waals surface area (Å²) in [6.45, 7) is 6.21. The number of nitrogens with zero attached hydrogens (tertiary/aromatic N) is 2. The largest absolute Gasteiger partial charge is 0.454 e. The number of ether oxygens (including phenoxy) is 2. The van der Waals surface area contributed by atoms with E-state index in [1.54, 1.807) is 22.9 Å². The normalized spacial score (nSPS) is 18.3. The summed E-state index contributed by atoms with van der Waals surface area (Å²) in [6, 6.07) is 5.07. The lowest BCUT2D eigenvalue weighted by molar-refractivity contribution is 0.102. The zero-order valence-electron chi connectivity index (χ0n) is 14.3. The highest BCUT2D eigenvalue weighted by Crippen LogP contribution is 2.35. The molecule has 1 atom stereocenters. The molecule has 0 aliphatic carbocycles. The highest BCUT2D eigenvalue weighted by atomic mass is 32.2. The quantitative estimate of drug-likeness (QED) is 0.888. The van der Waals surface area contributed by atoms with Gasteiger partial charge in [0.2, 0.25) is 6.79 Å². The molecule has 0 unspecified atom stereocenters. The van der Waals surface area contributed by atoms with E-state index in [4.69, 9.17) is 9.47 Å². The fraction of sp³-hybridized carbons (Fsp3) is 0.412. The summed E-state index contributed by atoms with van der Waals surface area (Å²) in [4.78, 5) is 12.7. The third-order valence-corrected chi connectivity index (χ3v) is 5.38. The average Bonchev–Trinajstić information content (AvgIpc) is 3.21. The molecule has 2 aromatic rings. The first kappa shape index (κ1) is 16.1. The molecule has 1 aromatic heterocycles. The summed E-state index contributed by atoms with van der Waals surface area (Å²) in [7, 11) is -0.956. The number of rotatable bonds is 2. The maximum atomic E-state index is 12.7. The first-order chi connectivity index (χ1) is 11.8. The first-order valence-electron chi connectivity index (χ1n) is 8.00. The molecule has 3 heterocycles. The standard InChI is InChI=1S/C17H19N3O4S/c1-17(2,3)20-15(11-7-25(22)8-12(11)19-20)18-16(21)10-4-5-13-14(6-10)24-9-23-13/h4-6H,7-9H2,1-3H3,(H,18,21)/t25-/m1/s1. The fourth-order valence-corrected chi connectivity index (χ4v) is 4.22. The molecule has 7 nitrogen and oxygen atoms in total. The third kappa shape index (κ3) is 2.80. The van der Waals surface area contributed by atoms with Crippen molar-refractivity contribution >= 4 is 22.5 Å². The Hall–Kier alpha value is -2.35. The van der Waals surface area contributed by atoms with Crippen LogP contribution in [0.25, 0.3) is 0 Å². The van der Waals surface area contributed by atoms with Crippen LogP contribution in [0.4, 0.5) is 5.82 Å². The van der Waals surface area contributed by atoms with Crippen molar-refractivity contribution in [2.45, 2.75) is 37.8 Å². The van der Waals surface area contributed by atoms with Crippen molar-refractivity contribution < 1.29 is 18.5 Å². The van der Waals surface area contributed by atoms with E-state index in [1.165, 1.54) is 0 Å². The molecule has 1 amide bonds. The molecule has 0 bridgehead atoms. The molecule has 8 heteroatoms. The lowest BCUT2D eigenvalue weighted by Crippen LogP contribution is -2.27. The Morgan fingerprint density at radius 3 is 2.76 bits per heavy atom. The number of fused-ring (bicyclic) bond motifs is 2. The summed E-state index contributed by atoms with van der Waals surface area (Å²) in [6.07, 6.45) is 0. The Morgan fingerprint density at radius 1 is 1.24 bits per heavy atom. The number of anilines is 1. The number of hydrogen-bond donors (Lipinski definition) is 1. The monoisotopic (exact) mass is 361 g/mol. The number of aromatic nitrogens is 2. The van der Waals surface area contributed by atoms with E-state index in [2.05, 4.69) is 10.4 Å². The summed E-state index contributed by atoms with van der Waals surface area (Å²) < 4.78 is 24.3. The molecule has 2 aliphatic heterocycles. The zero-order valence-corrected chi connectivity index (χ0v) is 15.1. The minimum Gasteiger partial charge on any atom is -0.454 e. The lowest BCUT2D eigenvalue weighted by atomic mass is 10.1. The van der Waals surface area contributed by atoms with Crippen LogP contribution in [0.1, 0.15) is 42.4 Å². The van der Waals surface area contributed by atoms with E-state index >= 15 is 0 Å². The topological polar surface area (TPSA) is 82.5 Å². The second kappa shape index (κ2) is 5.59. The molecule has 4 rings (SSSR count). The van der Waals surface area contributed by atoms with Gasteiger partial charge in [-0.05, 0) is 39.0 Å². The minimum absolute atomic E-state index is 0.163. The Labute approximate surface area is 147 Å². The van der Waals surface area contributed by atoms with Gasteiger partial charge in [0.15, 0.2) is 11.5 Å². The molecular formula is C17H19N3O4S. The number of amides is 1. The predicted octanol–water partition coefficient (Wildman–Crippen LogP) is 2.38. The second-order valence-electron chi connectivity index (χ2n) is 7.11. The van der Waals surface area contributed by atoms with Gasteiger partial charge in [0.1, 0.15) is 5.82 Å². The van der Waals surface area contributed by atoms with Crippen LogP contribution in [0, 0.1) is 0 Å². The van der Waals surface area contributed by atoms with Gasteiger partial charge >= 0.3 is 0 Å². The number of carbonyl (C=O) groups is 1. The van der Waals surface area contributed by atoms with Crippen molar-refractivity contribution in [2.24, 2.45) is 0 Å². The molecule has 0 spiro atoms. The van der Waals surface area contributed by atoms with Gasteiger partial charge in [-0.25, -0.2) is 4.68 Å². The van der Waals surface area contributed by atoms with Crippen LogP contribution in [0.2, 0.25) is 0 Å². The molecule has 0 saturated carbocycles. The molecule has 1 N–H and O–H groups in total. The van der Waals surface area contributed by atoms with Crippen molar-refractivity contribution in [2.75, 3.05) is 12.1 Å². The SMILES string of the molecule is CC(C)(C)n1nc2c(c1NC(=O)c1ccc3c(c1)OCO3)C[S@@](=O)C2. The Kier molecular flexibility index (Phi) is 3.61. The Balaban J connectivity index is 1.68. The summed E-state index contributed by atoms with van der Waals surface area (Å²) in [5.74, 6) is 2.41. The van der Waals surface area contributed by atoms with E-state index in [1.807, 2.05) is 20.8 Å². The average molecular weight is 361 g/mol. The smallest absolute Gasteiger partial charge is 0.256 e. The highest BCUT2D eigenvalue weighted by molar-refractivity contribution is 7.83. The minimum atomic E-state index is -0.956. The summed E-state index contributed by atoms with van der Waals surface area (Å²) in [5.41, 5.74) is 1.83. The third-order valence-electron chi connectivity index (χ3n) is 4.17. The molecule has 0 radical (unpaired) electrons. The van der Waals surface area contributed by atoms with E-state index < -0.39 is 10.8 Å². The van der Waals surface area contributed by atoms with Gasteiger partial charge in [0.05, 0.1) is 22.7 Å². The molecule has 0 fully saturated rings. The predicted molar refractivity (Wildman–Crippen MR) is 93.3 cm³/mol. The second-order valence-corrected chi connectivity index (χ2v) is 8.56. The van der Waals surface area contributed by atoms with Crippen LogP contribution in [-0.4, -0.2) is 26.7 Å². The number of hydrogen-bond acceptors (Lipinski definition) is 5. The summed E-state index contributed by atoms with van der Waals surface area (Å²) >= 11 is 0. The molecule has 132 valence electrons. The van der Waals surface area contributed by atoms with Gasteiger partial charge in [-0.15, -0.1) is 0 Å². The van der Waals surface area contributed by atoms with Crippen LogP contribution in [0.15, 0.2) is 18.2 Å². The van der Waals surface area contributed by atoms with Gasteiger partial charge in [0.25, 0.3) is 5.91 Å². The van der Waals surface area contributed by atoms with E-state index in [-0.39, 0.29) is 18.2 Å². The fourth-order valence-electron chi connectivity index (χ4n) is 2.96. The molecule has 25 heavy (non-hydrogen) atoms. The van der Waals surface area contributed by atoms with Crippen LogP contribution in [-0.2, 0) is 27.8 Å². The van der Waals surface area contributed by atoms with Gasteiger partial charge in [-0.2, -0.15) is 5.10 Å². The summed E-state index contributed by atoms with van der Waals surface area (Å²) in [5, 5.41) is 7.54. The van der Waals surface area contributed by atoms with E-state index in [9.17, 15) is 9.00 Å². The van der Waals surface area contributed by atoms with Crippen molar-refractivity contribution in [3.05, 3.63) is 35.0 Å². The molecule has 2 aliphatic rings.